The Morgan fingerprint density at radius 1 is 1.18 bits per heavy atom. The zero-order chi connectivity index (χ0) is 8.69. The molecule has 1 heteroatoms. The summed E-state index contributed by atoms with van der Waals surface area (Å²) in [5.41, 5.74) is 1.51. The fraction of sp³-hybridized carbons (Fsp3) is 0.600. The molecule has 64 valence electrons. The van der Waals surface area contributed by atoms with Gasteiger partial charge in [-0.05, 0) is 30.9 Å². The van der Waals surface area contributed by atoms with Crippen LogP contribution in [0, 0.1) is 0 Å². The lowest BCUT2D eigenvalue weighted by Crippen LogP contribution is -1.85. The predicted octanol–water partition coefficient (Wildman–Crippen LogP) is 4.00. The van der Waals surface area contributed by atoms with E-state index in [1.807, 2.05) is 25.6 Å². The van der Waals surface area contributed by atoms with E-state index in [0.717, 1.165) is 0 Å². The molecule has 0 amide bonds. The molecule has 1 aliphatic carbocycles. The summed E-state index contributed by atoms with van der Waals surface area (Å²) in [6.07, 6.45) is 9.09. The maximum absolute atomic E-state index is 2.23. The SMILES string of the molecule is CC.CSC1=CC=C(C)CC1. The lowest BCUT2D eigenvalue weighted by Gasteiger charge is -2.08. The van der Waals surface area contributed by atoms with Crippen molar-refractivity contribution in [3.8, 4) is 0 Å². The molecule has 0 saturated heterocycles. The summed E-state index contributed by atoms with van der Waals surface area (Å²) in [7, 11) is 0. The van der Waals surface area contributed by atoms with Crippen molar-refractivity contribution >= 4 is 11.8 Å². The van der Waals surface area contributed by atoms with Gasteiger partial charge >= 0.3 is 0 Å². The van der Waals surface area contributed by atoms with Gasteiger partial charge in [0, 0.05) is 0 Å². The van der Waals surface area contributed by atoms with E-state index >= 15 is 0 Å². The maximum Gasteiger partial charge on any atom is -0.0140 e. The topological polar surface area (TPSA) is 0 Å². The highest BCUT2D eigenvalue weighted by atomic mass is 32.2. The van der Waals surface area contributed by atoms with Crippen LogP contribution in [0.2, 0.25) is 0 Å². The lowest BCUT2D eigenvalue weighted by molar-refractivity contribution is 0.950. The molecule has 11 heavy (non-hydrogen) atoms. The van der Waals surface area contributed by atoms with E-state index < -0.39 is 0 Å². The van der Waals surface area contributed by atoms with Crippen LogP contribution in [0.1, 0.15) is 33.6 Å². The molecule has 1 rings (SSSR count). The minimum absolute atomic E-state index is 1.25. The zero-order valence-electron chi connectivity index (χ0n) is 7.98. The first kappa shape index (κ1) is 10.8. The molecule has 0 spiro atoms. The van der Waals surface area contributed by atoms with Gasteiger partial charge in [-0.15, -0.1) is 11.8 Å². The normalized spacial score (nSPS) is 16.0. The highest BCUT2D eigenvalue weighted by Crippen LogP contribution is 2.24. The van der Waals surface area contributed by atoms with Gasteiger partial charge in [-0.25, -0.2) is 0 Å². The molecule has 0 unspecified atom stereocenters. The minimum Gasteiger partial charge on any atom is -0.134 e. The van der Waals surface area contributed by atoms with Crippen LogP contribution in [0.25, 0.3) is 0 Å². The summed E-state index contributed by atoms with van der Waals surface area (Å²) < 4.78 is 0. The van der Waals surface area contributed by atoms with Crippen molar-refractivity contribution in [1.82, 2.24) is 0 Å². The number of allylic oxidation sites excluding steroid dienone is 4. The second kappa shape index (κ2) is 6.53. The van der Waals surface area contributed by atoms with Gasteiger partial charge in [0.15, 0.2) is 0 Å². The summed E-state index contributed by atoms with van der Waals surface area (Å²) in [6.45, 7) is 6.19. The number of thioether (sulfide) groups is 1. The molecule has 0 aliphatic heterocycles. The third-order valence-electron chi connectivity index (χ3n) is 1.58. The Kier molecular flexibility index (Phi) is 6.43. The Morgan fingerprint density at radius 3 is 2.18 bits per heavy atom. The van der Waals surface area contributed by atoms with Crippen LogP contribution in [0.4, 0.5) is 0 Å². The van der Waals surface area contributed by atoms with Gasteiger partial charge in [-0.3, -0.25) is 0 Å². The Labute approximate surface area is 74.8 Å². The van der Waals surface area contributed by atoms with Gasteiger partial charge in [0.2, 0.25) is 0 Å². The molecule has 0 radical (unpaired) electrons. The Bertz CT molecular complexity index is 154. The van der Waals surface area contributed by atoms with Crippen molar-refractivity contribution in [3.63, 3.8) is 0 Å². The molecule has 1 aliphatic rings. The summed E-state index contributed by atoms with van der Waals surface area (Å²) >= 11 is 1.86. The van der Waals surface area contributed by atoms with Crippen LogP contribution in [0.3, 0.4) is 0 Å². The van der Waals surface area contributed by atoms with Crippen LogP contribution in [-0.2, 0) is 0 Å². The third-order valence-corrected chi connectivity index (χ3v) is 2.45. The maximum atomic E-state index is 2.23. The van der Waals surface area contributed by atoms with Crippen molar-refractivity contribution in [2.45, 2.75) is 33.6 Å². The van der Waals surface area contributed by atoms with Crippen LogP contribution in [-0.4, -0.2) is 6.26 Å². The third kappa shape index (κ3) is 4.31. The van der Waals surface area contributed by atoms with E-state index in [2.05, 4.69) is 25.3 Å². The summed E-state index contributed by atoms with van der Waals surface area (Å²) in [5, 5.41) is 0. The molecule has 0 N–H and O–H groups in total. The molecule has 0 heterocycles. The van der Waals surface area contributed by atoms with Crippen molar-refractivity contribution < 1.29 is 0 Å². The Hall–Kier alpha value is -0.170. The first-order valence-electron chi connectivity index (χ1n) is 4.23. The van der Waals surface area contributed by atoms with Gasteiger partial charge in [0.25, 0.3) is 0 Å². The van der Waals surface area contributed by atoms with E-state index in [4.69, 9.17) is 0 Å². The van der Waals surface area contributed by atoms with Crippen LogP contribution >= 0.6 is 11.8 Å². The molecule has 0 atom stereocenters. The van der Waals surface area contributed by atoms with Crippen molar-refractivity contribution in [3.05, 3.63) is 22.6 Å². The molecular weight excluding hydrogens is 152 g/mol. The molecular formula is C10H18S. The van der Waals surface area contributed by atoms with E-state index in [9.17, 15) is 0 Å². The second-order valence-corrected chi connectivity index (χ2v) is 3.28. The quantitative estimate of drug-likeness (QED) is 0.573. The zero-order valence-corrected chi connectivity index (χ0v) is 8.79. The molecule has 0 aromatic heterocycles. The summed E-state index contributed by atoms with van der Waals surface area (Å²) in [4.78, 5) is 1.51. The Morgan fingerprint density at radius 2 is 1.82 bits per heavy atom. The largest absolute Gasteiger partial charge is 0.134 e. The van der Waals surface area contributed by atoms with Crippen LogP contribution in [0.15, 0.2) is 22.6 Å². The molecule has 0 saturated carbocycles. The van der Waals surface area contributed by atoms with Gasteiger partial charge in [0.05, 0.1) is 0 Å². The first-order chi connectivity index (χ1) is 5.33. The lowest BCUT2D eigenvalue weighted by atomic mass is 10.1. The van der Waals surface area contributed by atoms with Gasteiger partial charge in [-0.2, -0.15) is 0 Å². The van der Waals surface area contributed by atoms with Gasteiger partial charge in [0.1, 0.15) is 0 Å². The molecule has 0 aromatic carbocycles. The number of hydrogen-bond donors (Lipinski definition) is 0. The first-order valence-corrected chi connectivity index (χ1v) is 5.45. The highest BCUT2D eigenvalue weighted by Gasteiger charge is 1.99. The molecule has 0 nitrogen and oxygen atoms in total. The van der Waals surface area contributed by atoms with Crippen molar-refractivity contribution in [1.29, 1.82) is 0 Å². The molecule has 0 bridgehead atoms. The van der Waals surface area contributed by atoms with E-state index in [1.54, 1.807) is 0 Å². The summed E-state index contributed by atoms with van der Waals surface area (Å²) in [5.74, 6) is 0. The number of hydrogen-bond acceptors (Lipinski definition) is 1. The fourth-order valence-electron chi connectivity index (χ4n) is 0.892. The van der Waals surface area contributed by atoms with Crippen molar-refractivity contribution in [2.75, 3.05) is 6.26 Å². The monoisotopic (exact) mass is 170 g/mol. The standard InChI is InChI=1S/C8H12S.C2H6/c1-7-3-5-8(9-2)6-4-7;1-2/h3,5H,4,6H2,1-2H3;1-2H3. The summed E-state index contributed by atoms with van der Waals surface area (Å²) in [6, 6.07) is 0. The van der Waals surface area contributed by atoms with E-state index in [0.29, 0.717) is 0 Å². The number of rotatable bonds is 1. The van der Waals surface area contributed by atoms with Gasteiger partial charge < -0.3 is 0 Å². The Balaban J connectivity index is 0.000000461. The van der Waals surface area contributed by atoms with Crippen LogP contribution in [0.5, 0.6) is 0 Å². The smallest absolute Gasteiger partial charge is 0.0140 e. The van der Waals surface area contributed by atoms with Gasteiger partial charge in [-0.1, -0.05) is 31.6 Å². The fourth-order valence-corrected chi connectivity index (χ4v) is 1.40. The average Bonchev–Trinajstić information content (AvgIpc) is 2.10. The second-order valence-electron chi connectivity index (χ2n) is 2.35. The average molecular weight is 170 g/mol. The molecule has 0 fully saturated rings. The highest BCUT2D eigenvalue weighted by molar-refractivity contribution is 8.02. The van der Waals surface area contributed by atoms with E-state index in [-0.39, 0.29) is 0 Å². The molecule has 0 aromatic rings. The van der Waals surface area contributed by atoms with E-state index in [1.165, 1.54) is 23.3 Å². The predicted molar refractivity (Wildman–Crippen MR) is 55.9 cm³/mol. The minimum atomic E-state index is 1.25. The van der Waals surface area contributed by atoms with Crippen LogP contribution < -0.4 is 0 Å². The van der Waals surface area contributed by atoms with Crippen molar-refractivity contribution in [2.24, 2.45) is 0 Å².